The Morgan fingerprint density at radius 1 is 1.23 bits per heavy atom. The second-order valence-electron chi connectivity index (χ2n) is 9.54. The highest BCUT2D eigenvalue weighted by Gasteiger charge is 2.44. The normalized spacial score (nSPS) is 20.0. The van der Waals surface area contributed by atoms with Gasteiger partial charge in [0.25, 0.3) is 0 Å². The number of Topliss-reactive ketones (excluding diaryl/α,β-unsaturated/α-hetero) is 1. The second-order valence-corrected chi connectivity index (χ2v) is 9.95. The molecule has 0 fully saturated rings. The van der Waals surface area contributed by atoms with Crippen LogP contribution in [0.1, 0.15) is 57.8 Å². The average Bonchev–Trinajstić information content (AvgIpc) is 3.21. The largest absolute Gasteiger partial charge is 0.463 e. The molecule has 4 rings (SSSR count). The lowest BCUT2D eigenvalue weighted by molar-refractivity contribution is -0.139. The summed E-state index contributed by atoms with van der Waals surface area (Å²) in [5.74, 6) is -1.23. The van der Waals surface area contributed by atoms with Crippen LogP contribution in [0.25, 0.3) is 11.3 Å². The van der Waals surface area contributed by atoms with Crippen molar-refractivity contribution in [2.24, 2.45) is 5.41 Å². The molecule has 35 heavy (non-hydrogen) atoms. The number of carbonyl (C=O) groups excluding carboxylic acids is 2. The fourth-order valence-corrected chi connectivity index (χ4v) is 4.95. The van der Waals surface area contributed by atoms with Crippen molar-refractivity contribution in [2.45, 2.75) is 52.6 Å². The van der Waals surface area contributed by atoms with E-state index >= 15 is 0 Å². The van der Waals surface area contributed by atoms with Crippen LogP contribution in [0.15, 0.2) is 57.3 Å². The number of halogens is 4. The Bertz CT molecular complexity index is 1270. The Morgan fingerprint density at radius 3 is 2.60 bits per heavy atom. The van der Waals surface area contributed by atoms with Crippen molar-refractivity contribution in [2.75, 3.05) is 6.61 Å². The quantitative estimate of drug-likeness (QED) is 0.462. The molecular weight excluding hydrogens is 483 g/mol. The maximum atomic E-state index is 13.3. The zero-order valence-electron chi connectivity index (χ0n) is 19.7. The molecule has 0 saturated heterocycles. The number of nitrogens with one attached hydrogen (secondary N) is 1. The van der Waals surface area contributed by atoms with Crippen LogP contribution in [-0.2, 0) is 20.5 Å². The molecular formula is C26H25ClF3NO4. The molecule has 2 aliphatic rings. The molecule has 0 bridgehead atoms. The molecule has 5 nitrogen and oxygen atoms in total. The minimum Gasteiger partial charge on any atom is -0.463 e. The van der Waals surface area contributed by atoms with Crippen molar-refractivity contribution in [3.8, 4) is 11.3 Å². The monoisotopic (exact) mass is 507 g/mol. The highest BCUT2D eigenvalue weighted by molar-refractivity contribution is 6.33. The molecule has 9 heteroatoms. The number of dihydropyridines is 1. The summed E-state index contributed by atoms with van der Waals surface area (Å²) in [6, 6.07) is 6.03. The number of carbonyl (C=O) groups is 2. The van der Waals surface area contributed by atoms with Crippen molar-refractivity contribution in [3.63, 3.8) is 0 Å². The summed E-state index contributed by atoms with van der Waals surface area (Å²) in [5, 5.41) is 3.30. The van der Waals surface area contributed by atoms with Gasteiger partial charge in [0.2, 0.25) is 0 Å². The number of hydrogen-bond donors (Lipinski definition) is 1. The molecule has 0 unspecified atom stereocenters. The van der Waals surface area contributed by atoms with Crippen molar-refractivity contribution in [3.05, 3.63) is 69.2 Å². The highest BCUT2D eigenvalue weighted by atomic mass is 35.5. The first-order chi connectivity index (χ1) is 16.3. The van der Waals surface area contributed by atoms with Gasteiger partial charge in [0.15, 0.2) is 5.78 Å². The van der Waals surface area contributed by atoms with Gasteiger partial charge in [-0.1, -0.05) is 25.4 Å². The molecule has 1 aliphatic carbocycles. The maximum Gasteiger partial charge on any atom is 0.416 e. The van der Waals surface area contributed by atoms with Gasteiger partial charge < -0.3 is 14.5 Å². The summed E-state index contributed by atoms with van der Waals surface area (Å²) in [4.78, 5) is 26.2. The number of benzene rings is 1. The Morgan fingerprint density at radius 2 is 1.94 bits per heavy atom. The predicted octanol–water partition coefficient (Wildman–Crippen LogP) is 6.79. The van der Waals surface area contributed by atoms with Crippen LogP contribution in [-0.4, -0.2) is 18.4 Å². The van der Waals surface area contributed by atoms with Gasteiger partial charge in [0.1, 0.15) is 11.5 Å². The number of ether oxygens (including phenoxy) is 1. The number of alkyl halides is 3. The van der Waals surface area contributed by atoms with Crippen LogP contribution in [0.3, 0.4) is 0 Å². The topological polar surface area (TPSA) is 68.5 Å². The van der Waals surface area contributed by atoms with Crippen molar-refractivity contribution in [1.29, 1.82) is 0 Å². The molecule has 0 spiro atoms. The number of rotatable bonds is 4. The van der Waals surface area contributed by atoms with Gasteiger partial charge in [-0.2, -0.15) is 13.2 Å². The minimum absolute atomic E-state index is 0.0605. The van der Waals surface area contributed by atoms with Gasteiger partial charge in [-0.05, 0) is 56.0 Å². The highest BCUT2D eigenvalue weighted by Crippen LogP contribution is 2.48. The smallest absolute Gasteiger partial charge is 0.416 e. The molecule has 2 heterocycles. The number of furan rings is 1. The van der Waals surface area contributed by atoms with E-state index in [2.05, 4.69) is 5.32 Å². The molecule has 1 aliphatic heterocycles. The van der Waals surface area contributed by atoms with Crippen LogP contribution < -0.4 is 5.32 Å². The first-order valence-electron chi connectivity index (χ1n) is 11.2. The van der Waals surface area contributed by atoms with Crippen LogP contribution in [0, 0.1) is 5.41 Å². The Balaban J connectivity index is 1.85. The van der Waals surface area contributed by atoms with E-state index in [4.69, 9.17) is 20.8 Å². The first kappa shape index (κ1) is 25.1. The fourth-order valence-electron chi connectivity index (χ4n) is 4.74. The van der Waals surface area contributed by atoms with E-state index in [1.54, 1.807) is 19.9 Å². The predicted molar refractivity (Wildman–Crippen MR) is 124 cm³/mol. The van der Waals surface area contributed by atoms with E-state index < -0.39 is 23.6 Å². The number of allylic oxidation sites excluding steroid dienone is 3. The molecule has 2 aromatic rings. The number of hydrogen-bond acceptors (Lipinski definition) is 5. The fraction of sp³-hybridized carbons (Fsp3) is 0.385. The molecule has 186 valence electrons. The second kappa shape index (κ2) is 8.90. The summed E-state index contributed by atoms with van der Waals surface area (Å²) in [6.45, 7) is 7.53. The zero-order valence-corrected chi connectivity index (χ0v) is 20.5. The number of ketones is 1. The molecule has 1 atom stereocenters. The van der Waals surface area contributed by atoms with E-state index in [-0.39, 0.29) is 51.9 Å². The summed E-state index contributed by atoms with van der Waals surface area (Å²) in [7, 11) is 0. The third-order valence-electron chi connectivity index (χ3n) is 6.21. The Kier molecular flexibility index (Phi) is 6.38. The van der Waals surface area contributed by atoms with E-state index in [0.717, 1.165) is 18.2 Å². The Hall–Kier alpha value is -3.00. The summed E-state index contributed by atoms with van der Waals surface area (Å²) in [5.41, 5.74) is 0.808. The van der Waals surface area contributed by atoms with Gasteiger partial charge in [-0.25, -0.2) is 4.79 Å². The summed E-state index contributed by atoms with van der Waals surface area (Å²) < 4.78 is 51.1. The lowest BCUT2D eigenvalue weighted by Gasteiger charge is -2.38. The third-order valence-corrected chi connectivity index (χ3v) is 6.54. The zero-order chi connectivity index (χ0) is 25.7. The van der Waals surface area contributed by atoms with Gasteiger partial charge in [0.05, 0.1) is 28.7 Å². The lowest BCUT2D eigenvalue weighted by Crippen LogP contribution is -2.38. The maximum absolute atomic E-state index is 13.3. The summed E-state index contributed by atoms with van der Waals surface area (Å²) >= 11 is 6.20. The molecule has 1 N–H and O–H groups in total. The standard InChI is InChI=1S/C26H25ClF3NO4/c1-5-34-24(33)21-13(2)31-17-11-25(3,4)12-18(32)22(17)23(21)20-9-8-19(35-20)15-10-14(26(28,29)30)6-7-16(15)27/h6-10,23,31H,5,11-12H2,1-4H3/t23-/m1/s1. The molecule has 1 aromatic heterocycles. The average molecular weight is 508 g/mol. The number of esters is 1. The molecule has 1 aromatic carbocycles. The van der Waals surface area contributed by atoms with Crippen LogP contribution in [0.5, 0.6) is 0 Å². The van der Waals surface area contributed by atoms with Crippen LogP contribution in [0.4, 0.5) is 13.2 Å². The van der Waals surface area contributed by atoms with Crippen molar-refractivity contribution in [1.82, 2.24) is 5.32 Å². The van der Waals surface area contributed by atoms with Crippen molar-refractivity contribution < 1.29 is 31.9 Å². The van der Waals surface area contributed by atoms with E-state index in [0.29, 0.717) is 23.4 Å². The van der Waals surface area contributed by atoms with Gasteiger partial charge in [-0.3, -0.25) is 4.79 Å². The van der Waals surface area contributed by atoms with Crippen molar-refractivity contribution >= 4 is 23.4 Å². The SMILES string of the molecule is CCOC(=O)C1=C(C)NC2=C(C(=O)CC(C)(C)C2)[C@@H]1c1ccc(-c2cc(C(F)(F)F)ccc2Cl)o1. The Labute approximate surface area is 206 Å². The van der Waals surface area contributed by atoms with E-state index in [1.807, 2.05) is 13.8 Å². The molecule has 0 radical (unpaired) electrons. The van der Waals surface area contributed by atoms with Gasteiger partial charge in [0, 0.05) is 29.0 Å². The van der Waals surface area contributed by atoms with E-state index in [1.165, 1.54) is 6.07 Å². The first-order valence-corrected chi connectivity index (χ1v) is 11.6. The lowest BCUT2D eigenvalue weighted by atomic mass is 9.69. The summed E-state index contributed by atoms with van der Waals surface area (Å²) in [6.07, 6.45) is -3.68. The van der Waals surface area contributed by atoms with Crippen LogP contribution in [0.2, 0.25) is 5.02 Å². The molecule has 0 amide bonds. The van der Waals surface area contributed by atoms with Gasteiger partial charge in [-0.15, -0.1) is 0 Å². The van der Waals surface area contributed by atoms with Crippen LogP contribution >= 0.6 is 11.6 Å². The minimum atomic E-state index is -4.55. The third kappa shape index (κ3) is 4.76. The van der Waals surface area contributed by atoms with E-state index in [9.17, 15) is 22.8 Å². The van der Waals surface area contributed by atoms with Gasteiger partial charge >= 0.3 is 12.1 Å². The molecule has 0 saturated carbocycles.